The molecule has 1 fully saturated rings. The highest BCUT2D eigenvalue weighted by Gasteiger charge is 2.20. The molecule has 1 aromatic carbocycles. The van der Waals surface area contributed by atoms with E-state index >= 15 is 0 Å². The quantitative estimate of drug-likeness (QED) is 0.289. The maximum atomic E-state index is 8.89. The second-order valence-electron chi connectivity index (χ2n) is 5.54. The second kappa shape index (κ2) is 11.2. The van der Waals surface area contributed by atoms with Crippen LogP contribution in [0.15, 0.2) is 29.3 Å². The number of nitriles is 1. The molecule has 0 amide bonds. The van der Waals surface area contributed by atoms with E-state index in [1.165, 1.54) is 12.8 Å². The number of benzene rings is 1. The Morgan fingerprint density at radius 3 is 2.91 bits per heavy atom. The van der Waals surface area contributed by atoms with Crippen LogP contribution in [0.1, 0.15) is 30.4 Å². The van der Waals surface area contributed by atoms with E-state index < -0.39 is 0 Å². The van der Waals surface area contributed by atoms with Gasteiger partial charge >= 0.3 is 0 Å². The number of aliphatic imine (C=N–C) groups is 1. The van der Waals surface area contributed by atoms with Gasteiger partial charge in [0.2, 0.25) is 0 Å². The molecule has 0 aromatic heterocycles. The standard InChI is InChI=1S/C17H24N4O.HI/c1-19-17(20-8-3-9-22-13-14-6-7-14)21-12-16-5-2-4-15(10-16)11-18;/h2,4-5,10,14H,3,6-9,12-13H2,1H3,(H2,19,20,21);1H. The van der Waals surface area contributed by atoms with Crippen molar-refractivity contribution in [2.24, 2.45) is 10.9 Å². The molecule has 0 aliphatic heterocycles. The highest BCUT2D eigenvalue weighted by Crippen LogP contribution is 2.28. The summed E-state index contributed by atoms with van der Waals surface area (Å²) in [6.45, 7) is 3.20. The molecular formula is C17H25IN4O. The van der Waals surface area contributed by atoms with Crippen LogP contribution in [0.4, 0.5) is 0 Å². The van der Waals surface area contributed by atoms with Crippen LogP contribution < -0.4 is 10.6 Å². The molecule has 1 aliphatic rings. The smallest absolute Gasteiger partial charge is 0.191 e. The van der Waals surface area contributed by atoms with Crippen LogP contribution in [0.25, 0.3) is 0 Å². The molecule has 5 nitrogen and oxygen atoms in total. The molecule has 0 saturated heterocycles. The van der Waals surface area contributed by atoms with Gasteiger partial charge in [0.05, 0.1) is 11.6 Å². The summed E-state index contributed by atoms with van der Waals surface area (Å²) in [6, 6.07) is 9.72. The third kappa shape index (κ3) is 8.18. The Kier molecular flexibility index (Phi) is 9.64. The van der Waals surface area contributed by atoms with Crippen LogP contribution in [0.3, 0.4) is 0 Å². The van der Waals surface area contributed by atoms with Gasteiger partial charge in [-0.05, 0) is 42.9 Å². The Bertz CT molecular complexity index is 538. The number of ether oxygens (including phenoxy) is 1. The van der Waals surface area contributed by atoms with Crippen molar-refractivity contribution < 1.29 is 4.74 Å². The zero-order chi connectivity index (χ0) is 15.6. The van der Waals surface area contributed by atoms with Crippen molar-refractivity contribution in [3.05, 3.63) is 35.4 Å². The second-order valence-corrected chi connectivity index (χ2v) is 5.54. The average Bonchev–Trinajstić information content (AvgIpc) is 3.38. The third-order valence-electron chi connectivity index (χ3n) is 3.55. The number of guanidine groups is 1. The molecule has 1 aromatic rings. The molecule has 0 unspecified atom stereocenters. The maximum Gasteiger partial charge on any atom is 0.191 e. The molecule has 0 atom stereocenters. The summed E-state index contributed by atoms with van der Waals surface area (Å²) in [6.07, 6.45) is 3.64. The van der Waals surface area contributed by atoms with Gasteiger partial charge in [-0.2, -0.15) is 5.26 Å². The fourth-order valence-electron chi connectivity index (χ4n) is 2.07. The zero-order valence-corrected chi connectivity index (χ0v) is 15.9. The number of hydrogen-bond donors (Lipinski definition) is 2. The van der Waals surface area contributed by atoms with Crippen LogP contribution in [-0.4, -0.2) is 32.8 Å². The van der Waals surface area contributed by atoms with Crippen LogP contribution in [0.2, 0.25) is 0 Å². The largest absolute Gasteiger partial charge is 0.381 e. The first-order valence-corrected chi connectivity index (χ1v) is 7.83. The van der Waals surface area contributed by atoms with Crippen LogP contribution in [-0.2, 0) is 11.3 Å². The van der Waals surface area contributed by atoms with Crippen molar-refractivity contribution in [1.29, 1.82) is 5.26 Å². The predicted molar refractivity (Wildman–Crippen MR) is 103 cm³/mol. The molecule has 2 rings (SSSR count). The van der Waals surface area contributed by atoms with Crippen molar-refractivity contribution in [2.45, 2.75) is 25.8 Å². The van der Waals surface area contributed by atoms with E-state index in [0.29, 0.717) is 12.1 Å². The molecular weight excluding hydrogens is 403 g/mol. The number of nitrogens with zero attached hydrogens (tertiary/aromatic N) is 2. The monoisotopic (exact) mass is 428 g/mol. The van der Waals surface area contributed by atoms with Gasteiger partial charge in [-0.3, -0.25) is 4.99 Å². The van der Waals surface area contributed by atoms with Gasteiger partial charge in [0, 0.05) is 33.4 Å². The average molecular weight is 428 g/mol. The Hall–Kier alpha value is -1.33. The lowest BCUT2D eigenvalue weighted by Gasteiger charge is -2.12. The van der Waals surface area contributed by atoms with Crippen molar-refractivity contribution in [3.8, 4) is 6.07 Å². The highest BCUT2D eigenvalue weighted by atomic mass is 127. The summed E-state index contributed by atoms with van der Waals surface area (Å²) in [7, 11) is 1.75. The van der Waals surface area contributed by atoms with Crippen LogP contribution in [0.5, 0.6) is 0 Å². The first kappa shape index (κ1) is 19.7. The SMILES string of the molecule is CN=C(NCCCOCC1CC1)NCc1cccc(C#N)c1.I. The topological polar surface area (TPSA) is 69.4 Å². The van der Waals surface area contributed by atoms with Gasteiger partial charge in [0.1, 0.15) is 0 Å². The summed E-state index contributed by atoms with van der Waals surface area (Å²) >= 11 is 0. The molecule has 23 heavy (non-hydrogen) atoms. The summed E-state index contributed by atoms with van der Waals surface area (Å²) in [5, 5.41) is 15.4. The van der Waals surface area contributed by atoms with Crippen LogP contribution >= 0.6 is 24.0 Å². The lowest BCUT2D eigenvalue weighted by molar-refractivity contribution is 0.123. The molecule has 0 bridgehead atoms. The minimum Gasteiger partial charge on any atom is -0.381 e. The third-order valence-corrected chi connectivity index (χ3v) is 3.55. The Balaban J connectivity index is 0.00000264. The summed E-state index contributed by atoms with van der Waals surface area (Å²) in [5.41, 5.74) is 1.74. The van der Waals surface area contributed by atoms with Gasteiger partial charge in [-0.15, -0.1) is 24.0 Å². The fraction of sp³-hybridized carbons (Fsp3) is 0.529. The number of hydrogen-bond acceptors (Lipinski definition) is 3. The van der Waals surface area contributed by atoms with Crippen molar-refractivity contribution in [3.63, 3.8) is 0 Å². The zero-order valence-electron chi connectivity index (χ0n) is 13.5. The predicted octanol–water partition coefficient (Wildman–Crippen LogP) is 2.66. The Labute approximate surface area is 155 Å². The summed E-state index contributed by atoms with van der Waals surface area (Å²) in [5.74, 6) is 1.59. The fourth-order valence-corrected chi connectivity index (χ4v) is 2.07. The van der Waals surface area contributed by atoms with Crippen molar-refractivity contribution in [2.75, 3.05) is 26.8 Å². The summed E-state index contributed by atoms with van der Waals surface area (Å²) in [4.78, 5) is 4.19. The minimum atomic E-state index is 0. The van der Waals surface area contributed by atoms with E-state index in [2.05, 4.69) is 21.7 Å². The molecule has 1 aliphatic carbocycles. The first-order valence-electron chi connectivity index (χ1n) is 7.83. The van der Waals surface area contributed by atoms with E-state index in [-0.39, 0.29) is 24.0 Å². The highest BCUT2D eigenvalue weighted by molar-refractivity contribution is 14.0. The van der Waals surface area contributed by atoms with E-state index in [1.54, 1.807) is 13.1 Å². The van der Waals surface area contributed by atoms with Gasteiger partial charge in [0.25, 0.3) is 0 Å². The molecule has 126 valence electrons. The van der Waals surface area contributed by atoms with Gasteiger partial charge < -0.3 is 15.4 Å². The van der Waals surface area contributed by atoms with E-state index in [4.69, 9.17) is 10.00 Å². The molecule has 6 heteroatoms. The van der Waals surface area contributed by atoms with E-state index in [1.807, 2.05) is 18.2 Å². The van der Waals surface area contributed by atoms with Crippen molar-refractivity contribution >= 4 is 29.9 Å². The van der Waals surface area contributed by atoms with Gasteiger partial charge in [-0.25, -0.2) is 0 Å². The molecule has 0 spiro atoms. The van der Waals surface area contributed by atoms with E-state index in [9.17, 15) is 0 Å². The van der Waals surface area contributed by atoms with Crippen LogP contribution in [0, 0.1) is 17.2 Å². The lowest BCUT2D eigenvalue weighted by Crippen LogP contribution is -2.37. The number of halogens is 1. The molecule has 0 heterocycles. The molecule has 0 radical (unpaired) electrons. The molecule has 1 saturated carbocycles. The minimum absolute atomic E-state index is 0. The number of nitrogens with one attached hydrogen (secondary N) is 2. The van der Waals surface area contributed by atoms with E-state index in [0.717, 1.165) is 43.6 Å². The maximum absolute atomic E-state index is 8.89. The summed E-state index contributed by atoms with van der Waals surface area (Å²) < 4.78 is 5.60. The Morgan fingerprint density at radius 2 is 2.22 bits per heavy atom. The number of rotatable bonds is 8. The van der Waals surface area contributed by atoms with Gasteiger partial charge in [0.15, 0.2) is 5.96 Å². The normalized spacial score (nSPS) is 13.8. The van der Waals surface area contributed by atoms with Crippen molar-refractivity contribution in [1.82, 2.24) is 10.6 Å². The first-order chi connectivity index (χ1) is 10.8. The molecule has 2 N–H and O–H groups in total. The van der Waals surface area contributed by atoms with Gasteiger partial charge in [-0.1, -0.05) is 12.1 Å². The Morgan fingerprint density at radius 1 is 1.39 bits per heavy atom. The lowest BCUT2D eigenvalue weighted by atomic mass is 10.1.